The van der Waals surface area contributed by atoms with Gasteiger partial charge in [0.05, 0.1) is 10.2 Å². The van der Waals surface area contributed by atoms with Crippen molar-refractivity contribution in [2.75, 3.05) is 5.32 Å². The van der Waals surface area contributed by atoms with E-state index in [1.165, 1.54) is 0 Å². The van der Waals surface area contributed by atoms with E-state index in [1.54, 1.807) is 13.8 Å². The Bertz CT molecular complexity index is 538. The number of hydrogen-bond acceptors (Lipinski definition) is 2. The van der Waals surface area contributed by atoms with Gasteiger partial charge in [-0.3, -0.25) is 0 Å². The van der Waals surface area contributed by atoms with Gasteiger partial charge in [0.25, 0.3) is 0 Å². The second kappa shape index (κ2) is 6.65. The van der Waals surface area contributed by atoms with E-state index < -0.39 is 29.7 Å². The van der Waals surface area contributed by atoms with E-state index in [1.807, 2.05) is 0 Å². The fourth-order valence-corrected chi connectivity index (χ4v) is 1.77. The molecule has 8 heteroatoms. The van der Waals surface area contributed by atoms with Gasteiger partial charge in [0.1, 0.15) is 17.7 Å². The van der Waals surface area contributed by atoms with Crippen LogP contribution in [0.2, 0.25) is 0 Å². The van der Waals surface area contributed by atoms with Gasteiger partial charge >= 0.3 is 12.0 Å². The van der Waals surface area contributed by atoms with E-state index in [4.69, 9.17) is 5.11 Å². The molecule has 0 saturated heterocycles. The maximum absolute atomic E-state index is 13.4. The van der Waals surface area contributed by atoms with Crippen LogP contribution in [0.15, 0.2) is 16.6 Å². The molecule has 0 aliphatic carbocycles. The van der Waals surface area contributed by atoms with E-state index in [0.717, 1.165) is 6.07 Å². The van der Waals surface area contributed by atoms with Gasteiger partial charge < -0.3 is 15.7 Å². The van der Waals surface area contributed by atoms with Crippen molar-refractivity contribution in [2.45, 2.75) is 19.9 Å². The van der Waals surface area contributed by atoms with Crippen LogP contribution in [0.4, 0.5) is 19.3 Å². The first-order valence-corrected chi connectivity index (χ1v) is 6.46. The summed E-state index contributed by atoms with van der Waals surface area (Å²) in [4.78, 5) is 22.5. The molecule has 5 nitrogen and oxygen atoms in total. The summed E-state index contributed by atoms with van der Waals surface area (Å²) in [5.74, 6) is -3.31. The van der Waals surface area contributed by atoms with Crippen LogP contribution in [0.25, 0.3) is 0 Å². The van der Waals surface area contributed by atoms with Crippen molar-refractivity contribution in [3.63, 3.8) is 0 Å². The van der Waals surface area contributed by atoms with Crippen molar-refractivity contribution < 1.29 is 23.5 Å². The van der Waals surface area contributed by atoms with Crippen molar-refractivity contribution in [2.24, 2.45) is 5.92 Å². The molecule has 0 aromatic heterocycles. The minimum absolute atomic E-state index is 0.0205. The Morgan fingerprint density at radius 1 is 1.25 bits per heavy atom. The molecule has 0 bridgehead atoms. The third-order valence-corrected chi connectivity index (χ3v) is 3.09. The number of nitrogens with one attached hydrogen (secondary N) is 2. The van der Waals surface area contributed by atoms with Crippen LogP contribution in [-0.4, -0.2) is 23.1 Å². The number of benzene rings is 1. The molecule has 0 aliphatic heterocycles. The summed E-state index contributed by atoms with van der Waals surface area (Å²) in [6.07, 6.45) is 0. The lowest BCUT2D eigenvalue weighted by Crippen LogP contribution is -2.46. The SMILES string of the molecule is CC(C)[C@H](NC(=O)Nc1cc(Br)c(F)cc1F)C(=O)O. The maximum Gasteiger partial charge on any atom is 0.326 e. The lowest BCUT2D eigenvalue weighted by atomic mass is 10.1. The highest BCUT2D eigenvalue weighted by atomic mass is 79.9. The smallest absolute Gasteiger partial charge is 0.326 e. The fourth-order valence-electron chi connectivity index (χ4n) is 1.43. The van der Waals surface area contributed by atoms with E-state index >= 15 is 0 Å². The van der Waals surface area contributed by atoms with Crippen LogP contribution in [0, 0.1) is 17.6 Å². The Morgan fingerprint density at radius 3 is 2.35 bits per heavy atom. The van der Waals surface area contributed by atoms with Crippen LogP contribution in [0.3, 0.4) is 0 Å². The third kappa shape index (κ3) is 4.16. The number of halogens is 3. The second-order valence-corrected chi connectivity index (χ2v) is 5.26. The van der Waals surface area contributed by atoms with Gasteiger partial charge in [-0.15, -0.1) is 0 Å². The summed E-state index contributed by atoms with van der Waals surface area (Å²) >= 11 is 2.86. The Hall–Kier alpha value is -1.70. The molecule has 0 spiro atoms. The number of rotatable bonds is 4. The average Bonchev–Trinajstić information content (AvgIpc) is 2.32. The number of carboxylic acids is 1. The molecule has 2 amide bonds. The number of anilines is 1. The third-order valence-electron chi connectivity index (χ3n) is 2.48. The van der Waals surface area contributed by atoms with Crippen molar-refractivity contribution in [3.05, 3.63) is 28.2 Å². The molecule has 1 atom stereocenters. The molecule has 1 aromatic carbocycles. The molecule has 1 aromatic rings. The summed E-state index contributed by atoms with van der Waals surface area (Å²) < 4.78 is 26.4. The van der Waals surface area contributed by atoms with Gasteiger partial charge in [-0.05, 0) is 27.9 Å². The molecule has 0 saturated carbocycles. The number of carbonyl (C=O) groups excluding carboxylic acids is 1. The number of urea groups is 1. The zero-order chi connectivity index (χ0) is 15.4. The first-order valence-electron chi connectivity index (χ1n) is 5.67. The number of amides is 2. The molecular weight excluding hydrogens is 338 g/mol. The molecule has 0 fully saturated rings. The lowest BCUT2D eigenvalue weighted by molar-refractivity contribution is -0.140. The van der Waals surface area contributed by atoms with Gasteiger partial charge in [-0.25, -0.2) is 18.4 Å². The summed E-state index contributed by atoms with van der Waals surface area (Å²) in [5.41, 5.74) is -0.260. The van der Waals surface area contributed by atoms with E-state index in [2.05, 4.69) is 26.6 Å². The zero-order valence-corrected chi connectivity index (χ0v) is 12.3. The second-order valence-electron chi connectivity index (χ2n) is 4.40. The first kappa shape index (κ1) is 16.4. The Kier molecular flexibility index (Phi) is 5.43. The molecule has 0 heterocycles. The van der Waals surface area contributed by atoms with Gasteiger partial charge in [-0.1, -0.05) is 13.8 Å². The van der Waals surface area contributed by atoms with Crippen LogP contribution < -0.4 is 10.6 Å². The lowest BCUT2D eigenvalue weighted by Gasteiger charge is -2.18. The molecule has 20 heavy (non-hydrogen) atoms. The minimum atomic E-state index is -1.20. The maximum atomic E-state index is 13.4. The zero-order valence-electron chi connectivity index (χ0n) is 10.7. The van der Waals surface area contributed by atoms with Crippen LogP contribution in [0.5, 0.6) is 0 Å². The van der Waals surface area contributed by atoms with E-state index in [-0.39, 0.29) is 16.1 Å². The van der Waals surface area contributed by atoms with Crippen LogP contribution in [-0.2, 0) is 4.79 Å². The molecule has 110 valence electrons. The predicted octanol–water partition coefficient (Wildman–Crippen LogP) is 2.96. The van der Waals surface area contributed by atoms with Gasteiger partial charge in [0, 0.05) is 6.07 Å². The number of carboxylic acid groups (broad SMARTS) is 1. The van der Waals surface area contributed by atoms with E-state index in [9.17, 15) is 18.4 Å². The molecule has 0 unspecified atom stereocenters. The highest BCUT2D eigenvalue weighted by molar-refractivity contribution is 9.10. The Morgan fingerprint density at radius 2 is 1.85 bits per heavy atom. The van der Waals surface area contributed by atoms with Crippen LogP contribution in [0.1, 0.15) is 13.8 Å². The molecule has 3 N–H and O–H groups in total. The summed E-state index contributed by atoms with van der Waals surface area (Å²) in [5, 5.41) is 13.3. The highest BCUT2D eigenvalue weighted by Gasteiger charge is 2.23. The molecule has 0 radical (unpaired) electrons. The van der Waals surface area contributed by atoms with Crippen molar-refractivity contribution in [1.82, 2.24) is 5.32 Å². The normalized spacial score (nSPS) is 12.1. The van der Waals surface area contributed by atoms with Gasteiger partial charge in [0.2, 0.25) is 0 Å². The predicted molar refractivity (Wildman–Crippen MR) is 72.5 cm³/mol. The minimum Gasteiger partial charge on any atom is -0.480 e. The average molecular weight is 351 g/mol. The monoisotopic (exact) mass is 350 g/mol. The Balaban J connectivity index is 2.81. The van der Waals surface area contributed by atoms with E-state index in [0.29, 0.717) is 6.07 Å². The fraction of sp³-hybridized carbons (Fsp3) is 0.333. The van der Waals surface area contributed by atoms with Gasteiger partial charge in [-0.2, -0.15) is 0 Å². The quantitative estimate of drug-likeness (QED) is 0.730. The van der Waals surface area contributed by atoms with Crippen molar-refractivity contribution >= 4 is 33.6 Å². The largest absolute Gasteiger partial charge is 0.480 e. The summed E-state index contributed by atoms with van der Waals surface area (Å²) in [6, 6.07) is -0.336. The van der Waals surface area contributed by atoms with Gasteiger partial charge in [0.15, 0.2) is 0 Å². The number of aliphatic carboxylic acids is 1. The number of carbonyl (C=O) groups is 2. The molecule has 0 aliphatic rings. The molecule has 1 rings (SSSR count). The summed E-state index contributed by atoms with van der Waals surface area (Å²) in [6.45, 7) is 3.24. The highest BCUT2D eigenvalue weighted by Crippen LogP contribution is 2.23. The number of hydrogen-bond donors (Lipinski definition) is 3. The van der Waals surface area contributed by atoms with Crippen LogP contribution >= 0.6 is 15.9 Å². The summed E-state index contributed by atoms with van der Waals surface area (Å²) in [7, 11) is 0. The topological polar surface area (TPSA) is 78.4 Å². The standard InChI is InChI=1S/C12H13BrF2N2O3/c1-5(2)10(11(18)19)17-12(20)16-9-3-6(13)7(14)4-8(9)15/h3-5,10H,1-2H3,(H,18,19)(H2,16,17,20)/t10-/m0/s1. The van der Waals surface area contributed by atoms with Crippen molar-refractivity contribution in [1.29, 1.82) is 0 Å². The molecular formula is C12H13BrF2N2O3. The first-order chi connectivity index (χ1) is 9.22. The van der Waals surface area contributed by atoms with Crippen molar-refractivity contribution in [3.8, 4) is 0 Å². The Labute approximate surface area is 122 Å².